The smallest absolute Gasteiger partial charge is 0.292 e. The number of nitrogens with one attached hydrogen (secondary N) is 1. The molecule has 100 valence electrons. The number of anilines is 1. The minimum Gasteiger partial charge on any atom is -0.396 e. The molecule has 5 nitrogen and oxygen atoms in total. The highest BCUT2D eigenvalue weighted by molar-refractivity contribution is 5.62. The molecule has 0 unspecified atom stereocenters. The van der Waals surface area contributed by atoms with Crippen molar-refractivity contribution in [3.8, 4) is 0 Å². The zero-order valence-electron chi connectivity index (χ0n) is 10.7. The van der Waals surface area contributed by atoms with Gasteiger partial charge in [0.25, 0.3) is 5.69 Å². The molecule has 0 amide bonds. The van der Waals surface area contributed by atoms with Gasteiger partial charge in [-0.05, 0) is 31.4 Å². The molecule has 18 heavy (non-hydrogen) atoms. The van der Waals surface area contributed by atoms with E-state index in [-0.39, 0.29) is 17.2 Å². The van der Waals surface area contributed by atoms with Gasteiger partial charge in [0.05, 0.1) is 4.92 Å². The van der Waals surface area contributed by atoms with Crippen LogP contribution >= 0.6 is 0 Å². The fourth-order valence-electron chi connectivity index (χ4n) is 1.76. The highest BCUT2D eigenvalue weighted by Crippen LogP contribution is 2.25. The molecular weight excluding hydrogens is 232 g/mol. The number of aryl methyl sites for hydroxylation is 1. The number of nitrogens with zero attached hydrogens (tertiary/aromatic N) is 1. The number of rotatable bonds is 8. The Kier molecular flexibility index (Phi) is 6.14. The van der Waals surface area contributed by atoms with Crippen molar-refractivity contribution in [3.63, 3.8) is 0 Å². The molecule has 5 heteroatoms. The highest BCUT2D eigenvalue weighted by atomic mass is 16.6. The second-order valence-corrected chi connectivity index (χ2v) is 4.34. The Labute approximate surface area is 107 Å². The van der Waals surface area contributed by atoms with Gasteiger partial charge in [-0.2, -0.15) is 0 Å². The fraction of sp³-hybridized carbons (Fsp3) is 0.538. The number of benzene rings is 1. The Morgan fingerprint density at radius 1 is 1.28 bits per heavy atom. The Bertz CT molecular complexity index is 394. The summed E-state index contributed by atoms with van der Waals surface area (Å²) in [5, 5.41) is 22.6. The van der Waals surface area contributed by atoms with Crippen LogP contribution in [-0.2, 0) is 0 Å². The number of nitro groups is 1. The molecule has 1 rings (SSSR count). The van der Waals surface area contributed by atoms with Crippen LogP contribution in [0.3, 0.4) is 0 Å². The summed E-state index contributed by atoms with van der Waals surface area (Å²) in [7, 11) is 0. The standard InChI is InChI=1S/C13H20N2O3/c1-11-6-7-12(13(10-11)15(17)18)14-8-4-2-3-5-9-16/h6-7,10,14,16H,2-5,8-9H2,1H3. The molecule has 1 aromatic carbocycles. The van der Waals surface area contributed by atoms with Crippen molar-refractivity contribution in [1.29, 1.82) is 0 Å². The zero-order chi connectivity index (χ0) is 13.4. The first-order valence-electron chi connectivity index (χ1n) is 6.25. The van der Waals surface area contributed by atoms with E-state index in [9.17, 15) is 10.1 Å². The van der Waals surface area contributed by atoms with Crippen LogP contribution in [0.15, 0.2) is 18.2 Å². The summed E-state index contributed by atoms with van der Waals surface area (Å²) in [5.74, 6) is 0. The van der Waals surface area contributed by atoms with Crippen LogP contribution < -0.4 is 5.32 Å². The van der Waals surface area contributed by atoms with Crippen molar-refractivity contribution in [1.82, 2.24) is 0 Å². The SMILES string of the molecule is Cc1ccc(NCCCCCCO)c([N+](=O)[O-])c1. The quantitative estimate of drug-likeness (QED) is 0.424. The molecule has 0 fully saturated rings. The summed E-state index contributed by atoms with van der Waals surface area (Å²) in [6.07, 6.45) is 3.79. The van der Waals surface area contributed by atoms with Gasteiger partial charge in [0.1, 0.15) is 5.69 Å². The van der Waals surface area contributed by atoms with Crippen LogP contribution in [0.1, 0.15) is 31.2 Å². The monoisotopic (exact) mass is 252 g/mol. The maximum Gasteiger partial charge on any atom is 0.292 e. The molecule has 0 saturated heterocycles. The topological polar surface area (TPSA) is 75.4 Å². The molecule has 0 aliphatic heterocycles. The molecular formula is C13H20N2O3. The zero-order valence-corrected chi connectivity index (χ0v) is 10.7. The first-order valence-corrected chi connectivity index (χ1v) is 6.25. The summed E-state index contributed by atoms with van der Waals surface area (Å²) in [5.41, 5.74) is 1.59. The van der Waals surface area contributed by atoms with Crippen molar-refractivity contribution in [2.75, 3.05) is 18.5 Å². The summed E-state index contributed by atoms with van der Waals surface area (Å²) >= 11 is 0. The van der Waals surface area contributed by atoms with Crippen LogP contribution in [0.25, 0.3) is 0 Å². The second-order valence-electron chi connectivity index (χ2n) is 4.34. The Hall–Kier alpha value is -1.62. The van der Waals surface area contributed by atoms with E-state index in [1.165, 1.54) is 0 Å². The van der Waals surface area contributed by atoms with Crippen molar-refractivity contribution < 1.29 is 10.0 Å². The lowest BCUT2D eigenvalue weighted by atomic mass is 10.1. The Morgan fingerprint density at radius 3 is 2.67 bits per heavy atom. The number of aliphatic hydroxyl groups is 1. The predicted octanol–water partition coefficient (Wildman–Crippen LogP) is 2.87. The molecule has 0 aliphatic rings. The molecule has 0 atom stereocenters. The molecule has 0 bridgehead atoms. The molecule has 0 heterocycles. The van der Waals surface area contributed by atoms with Crippen molar-refractivity contribution >= 4 is 11.4 Å². The molecule has 0 radical (unpaired) electrons. The summed E-state index contributed by atoms with van der Waals surface area (Å²) in [4.78, 5) is 10.5. The molecule has 2 N–H and O–H groups in total. The molecule has 0 saturated carbocycles. The van der Waals surface area contributed by atoms with Gasteiger partial charge in [-0.1, -0.05) is 18.9 Å². The van der Waals surface area contributed by atoms with E-state index >= 15 is 0 Å². The minimum atomic E-state index is -0.360. The normalized spacial score (nSPS) is 10.3. The van der Waals surface area contributed by atoms with E-state index in [0.29, 0.717) is 5.69 Å². The van der Waals surface area contributed by atoms with E-state index < -0.39 is 0 Å². The van der Waals surface area contributed by atoms with Gasteiger partial charge in [0, 0.05) is 19.2 Å². The lowest BCUT2D eigenvalue weighted by Gasteiger charge is -2.07. The van der Waals surface area contributed by atoms with Gasteiger partial charge < -0.3 is 10.4 Å². The number of aliphatic hydroxyl groups excluding tert-OH is 1. The average molecular weight is 252 g/mol. The summed E-state index contributed by atoms with van der Waals surface area (Å²) in [6, 6.07) is 5.19. The second kappa shape index (κ2) is 7.66. The van der Waals surface area contributed by atoms with Crippen molar-refractivity contribution in [3.05, 3.63) is 33.9 Å². The first kappa shape index (κ1) is 14.4. The third kappa shape index (κ3) is 4.71. The number of hydrogen-bond donors (Lipinski definition) is 2. The number of hydrogen-bond acceptors (Lipinski definition) is 4. The van der Waals surface area contributed by atoms with Crippen molar-refractivity contribution in [2.24, 2.45) is 0 Å². The largest absolute Gasteiger partial charge is 0.396 e. The van der Waals surface area contributed by atoms with Crippen LogP contribution in [0.5, 0.6) is 0 Å². The Morgan fingerprint density at radius 2 is 2.00 bits per heavy atom. The number of nitro benzene ring substituents is 1. The van der Waals surface area contributed by atoms with E-state index in [4.69, 9.17) is 5.11 Å². The van der Waals surface area contributed by atoms with Crippen LogP contribution in [0, 0.1) is 17.0 Å². The van der Waals surface area contributed by atoms with E-state index in [2.05, 4.69) is 5.32 Å². The highest BCUT2D eigenvalue weighted by Gasteiger charge is 2.12. The maximum absolute atomic E-state index is 10.9. The predicted molar refractivity (Wildman–Crippen MR) is 71.9 cm³/mol. The third-order valence-corrected chi connectivity index (χ3v) is 2.75. The van der Waals surface area contributed by atoms with Gasteiger partial charge >= 0.3 is 0 Å². The molecule has 1 aromatic rings. The van der Waals surface area contributed by atoms with Crippen LogP contribution in [0.2, 0.25) is 0 Å². The molecule has 0 aliphatic carbocycles. The van der Waals surface area contributed by atoms with Gasteiger partial charge in [-0.15, -0.1) is 0 Å². The van der Waals surface area contributed by atoms with Gasteiger partial charge in [-0.3, -0.25) is 10.1 Å². The summed E-state index contributed by atoms with van der Waals surface area (Å²) < 4.78 is 0. The van der Waals surface area contributed by atoms with Gasteiger partial charge in [0.15, 0.2) is 0 Å². The summed E-state index contributed by atoms with van der Waals surface area (Å²) in [6.45, 7) is 2.79. The molecule has 0 spiro atoms. The van der Waals surface area contributed by atoms with Crippen molar-refractivity contribution in [2.45, 2.75) is 32.6 Å². The maximum atomic E-state index is 10.9. The number of unbranched alkanes of at least 4 members (excludes halogenated alkanes) is 3. The first-order chi connectivity index (χ1) is 8.65. The third-order valence-electron chi connectivity index (χ3n) is 2.75. The minimum absolute atomic E-state index is 0.130. The van der Waals surface area contributed by atoms with Crippen LogP contribution in [0.4, 0.5) is 11.4 Å². The molecule has 0 aromatic heterocycles. The average Bonchev–Trinajstić information content (AvgIpc) is 2.35. The van der Waals surface area contributed by atoms with E-state index in [0.717, 1.165) is 37.8 Å². The van der Waals surface area contributed by atoms with Gasteiger partial charge in [-0.25, -0.2) is 0 Å². The lowest BCUT2D eigenvalue weighted by Crippen LogP contribution is -2.04. The fourth-order valence-corrected chi connectivity index (χ4v) is 1.76. The van der Waals surface area contributed by atoms with E-state index in [1.54, 1.807) is 12.1 Å². The van der Waals surface area contributed by atoms with Gasteiger partial charge in [0.2, 0.25) is 0 Å². The van der Waals surface area contributed by atoms with E-state index in [1.807, 2.05) is 13.0 Å². The lowest BCUT2D eigenvalue weighted by molar-refractivity contribution is -0.384. The van der Waals surface area contributed by atoms with Crippen LogP contribution in [-0.4, -0.2) is 23.2 Å². The Balaban J connectivity index is 2.44.